The summed E-state index contributed by atoms with van der Waals surface area (Å²) in [5.74, 6) is -0.426. The maximum absolute atomic E-state index is 12.9. The Labute approximate surface area is 120 Å². The van der Waals surface area contributed by atoms with Gasteiger partial charge in [0.2, 0.25) is 0 Å². The van der Waals surface area contributed by atoms with E-state index in [2.05, 4.69) is 0 Å². The molecule has 0 aliphatic rings. The second kappa shape index (κ2) is 5.61. The number of hydrogen-bond acceptors (Lipinski definition) is 4. The van der Waals surface area contributed by atoms with E-state index >= 15 is 0 Å². The van der Waals surface area contributed by atoms with Crippen LogP contribution in [0.2, 0.25) is 0 Å². The second-order valence-corrected chi connectivity index (χ2v) is 7.05. The molecule has 1 aromatic carbocycles. The summed E-state index contributed by atoms with van der Waals surface area (Å²) >= 11 is 0.917. The standard InChI is InChI=1S/C13H11FN2O2S2/c1-2-16(11-5-3-10(14)4-6-11)20(17,18)13-8-7-12(9-15)19-13/h3-8H,2H2,1H3. The average molecular weight is 310 g/mol. The Hall–Kier alpha value is -1.91. The summed E-state index contributed by atoms with van der Waals surface area (Å²) in [6.45, 7) is 1.91. The third kappa shape index (κ3) is 2.66. The van der Waals surface area contributed by atoms with Gasteiger partial charge in [-0.25, -0.2) is 12.8 Å². The van der Waals surface area contributed by atoms with Gasteiger partial charge in [0, 0.05) is 6.54 Å². The van der Waals surface area contributed by atoms with Crippen molar-refractivity contribution in [2.75, 3.05) is 10.8 Å². The van der Waals surface area contributed by atoms with Crippen molar-refractivity contribution in [3.05, 3.63) is 47.1 Å². The molecular weight excluding hydrogens is 299 g/mol. The molecular formula is C13H11FN2O2S2. The average Bonchev–Trinajstić information content (AvgIpc) is 2.91. The molecule has 0 saturated heterocycles. The molecule has 4 nitrogen and oxygen atoms in total. The number of halogens is 1. The molecule has 0 atom stereocenters. The van der Waals surface area contributed by atoms with Crippen LogP contribution in [0.25, 0.3) is 0 Å². The van der Waals surface area contributed by atoms with Crippen LogP contribution < -0.4 is 4.31 Å². The van der Waals surface area contributed by atoms with Crippen molar-refractivity contribution < 1.29 is 12.8 Å². The predicted molar refractivity (Wildman–Crippen MR) is 75.6 cm³/mol. The van der Waals surface area contributed by atoms with Gasteiger partial charge in [-0.3, -0.25) is 4.31 Å². The van der Waals surface area contributed by atoms with Gasteiger partial charge in [0.05, 0.1) is 5.69 Å². The van der Waals surface area contributed by atoms with Gasteiger partial charge in [0.25, 0.3) is 10.0 Å². The van der Waals surface area contributed by atoms with Crippen molar-refractivity contribution in [2.45, 2.75) is 11.1 Å². The first-order chi connectivity index (χ1) is 9.48. The minimum atomic E-state index is -3.73. The number of hydrogen-bond donors (Lipinski definition) is 0. The van der Waals surface area contributed by atoms with E-state index in [0.717, 1.165) is 11.3 Å². The maximum Gasteiger partial charge on any atom is 0.273 e. The van der Waals surface area contributed by atoms with Crippen LogP contribution in [0.1, 0.15) is 11.8 Å². The third-order valence-corrected chi connectivity index (χ3v) is 6.00. The van der Waals surface area contributed by atoms with Crippen molar-refractivity contribution >= 4 is 27.0 Å². The fourth-order valence-corrected chi connectivity index (χ4v) is 4.42. The van der Waals surface area contributed by atoms with Gasteiger partial charge < -0.3 is 0 Å². The van der Waals surface area contributed by atoms with Crippen molar-refractivity contribution in [3.63, 3.8) is 0 Å². The summed E-state index contributed by atoms with van der Waals surface area (Å²) < 4.78 is 39.2. The van der Waals surface area contributed by atoms with E-state index in [1.54, 1.807) is 6.92 Å². The third-order valence-electron chi connectivity index (χ3n) is 2.64. The van der Waals surface area contributed by atoms with Crippen LogP contribution in [0.5, 0.6) is 0 Å². The molecule has 7 heteroatoms. The summed E-state index contributed by atoms with van der Waals surface area (Å²) in [4.78, 5) is 0.332. The van der Waals surface area contributed by atoms with Crippen LogP contribution in [0, 0.1) is 17.1 Å². The molecule has 1 heterocycles. The Morgan fingerprint density at radius 2 is 1.90 bits per heavy atom. The lowest BCUT2D eigenvalue weighted by Gasteiger charge is -2.21. The van der Waals surface area contributed by atoms with Crippen molar-refractivity contribution in [3.8, 4) is 6.07 Å². The zero-order valence-corrected chi connectivity index (χ0v) is 12.2. The number of thiophene rings is 1. The Morgan fingerprint density at radius 3 is 2.40 bits per heavy atom. The lowest BCUT2D eigenvalue weighted by Crippen LogP contribution is -2.30. The normalized spacial score (nSPS) is 11.1. The number of sulfonamides is 1. The highest BCUT2D eigenvalue weighted by molar-refractivity contribution is 7.94. The largest absolute Gasteiger partial charge is 0.273 e. The summed E-state index contributed by atoms with van der Waals surface area (Å²) in [6, 6.07) is 10.0. The van der Waals surface area contributed by atoms with Crippen molar-refractivity contribution in [1.82, 2.24) is 0 Å². The lowest BCUT2D eigenvalue weighted by molar-refractivity contribution is 0.593. The summed E-state index contributed by atoms with van der Waals surface area (Å²) in [6.07, 6.45) is 0. The van der Waals surface area contributed by atoms with E-state index in [1.807, 2.05) is 6.07 Å². The number of benzene rings is 1. The summed E-state index contributed by atoms with van der Waals surface area (Å²) in [7, 11) is -3.73. The molecule has 0 aliphatic heterocycles. The topological polar surface area (TPSA) is 61.2 Å². The van der Waals surface area contributed by atoms with E-state index in [-0.39, 0.29) is 10.8 Å². The Kier molecular flexibility index (Phi) is 4.06. The molecule has 0 saturated carbocycles. The lowest BCUT2D eigenvalue weighted by atomic mass is 10.3. The van der Waals surface area contributed by atoms with E-state index in [1.165, 1.54) is 40.7 Å². The zero-order valence-electron chi connectivity index (χ0n) is 10.6. The molecule has 0 N–H and O–H groups in total. The van der Waals surface area contributed by atoms with Gasteiger partial charge in [-0.2, -0.15) is 5.26 Å². The highest BCUT2D eigenvalue weighted by Gasteiger charge is 2.25. The maximum atomic E-state index is 12.9. The van der Waals surface area contributed by atoms with Crippen LogP contribution in [-0.2, 0) is 10.0 Å². The molecule has 0 spiro atoms. The number of anilines is 1. The van der Waals surface area contributed by atoms with Crippen LogP contribution in [0.4, 0.5) is 10.1 Å². The molecule has 0 amide bonds. The minimum Gasteiger partial charge on any atom is -0.266 e. The predicted octanol–water partition coefficient (Wildman–Crippen LogP) is 2.97. The summed E-state index contributed by atoms with van der Waals surface area (Å²) in [5, 5.41) is 8.77. The molecule has 104 valence electrons. The molecule has 0 fully saturated rings. The SMILES string of the molecule is CCN(c1ccc(F)cc1)S(=O)(=O)c1ccc(C#N)s1. The van der Waals surface area contributed by atoms with Crippen LogP contribution in [-0.4, -0.2) is 15.0 Å². The summed E-state index contributed by atoms with van der Waals surface area (Å²) in [5.41, 5.74) is 0.390. The van der Waals surface area contributed by atoms with Crippen LogP contribution >= 0.6 is 11.3 Å². The zero-order chi connectivity index (χ0) is 14.8. The van der Waals surface area contributed by atoms with Gasteiger partial charge >= 0.3 is 0 Å². The molecule has 2 aromatic rings. The molecule has 0 bridgehead atoms. The van der Waals surface area contributed by atoms with Gasteiger partial charge in [-0.15, -0.1) is 11.3 Å². The highest BCUT2D eigenvalue weighted by Crippen LogP contribution is 2.28. The smallest absolute Gasteiger partial charge is 0.266 e. The van der Waals surface area contributed by atoms with Crippen LogP contribution in [0.15, 0.2) is 40.6 Å². The number of rotatable bonds is 4. The van der Waals surface area contributed by atoms with Crippen molar-refractivity contribution in [1.29, 1.82) is 5.26 Å². The molecule has 20 heavy (non-hydrogen) atoms. The second-order valence-electron chi connectivity index (χ2n) is 3.88. The first kappa shape index (κ1) is 14.5. The monoisotopic (exact) mass is 310 g/mol. The van der Waals surface area contributed by atoms with Gasteiger partial charge in [-0.1, -0.05) is 0 Å². The Morgan fingerprint density at radius 1 is 1.25 bits per heavy atom. The molecule has 2 rings (SSSR count). The minimum absolute atomic E-state index is 0.0974. The van der Waals surface area contributed by atoms with E-state index in [9.17, 15) is 12.8 Å². The first-order valence-corrected chi connectivity index (χ1v) is 8.03. The first-order valence-electron chi connectivity index (χ1n) is 5.77. The van der Waals surface area contributed by atoms with Crippen LogP contribution in [0.3, 0.4) is 0 Å². The molecule has 0 radical (unpaired) electrons. The fraction of sp³-hybridized carbons (Fsp3) is 0.154. The number of nitrogens with zero attached hydrogens (tertiary/aromatic N) is 2. The quantitative estimate of drug-likeness (QED) is 0.872. The Balaban J connectivity index is 2.45. The highest BCUT2D eigenvalue weighted by atomic mass is 32.2. The number of nitriles is 1. The van der Waals surface area contributed by atoms with Gasteiger partial charge in [0.15, 0.2) is 0 Å². The van der Waals surface area contributed by atoms with E-state index in [4.69, 9.17) is 5.26 Å². The van der Waals surface area contributed by atoms with E-state index < -0.39 is 15.8 Å². The van der Waals surface area contributed by atoms with Gasteiger partial charge in [0.1, 0.15) is 21.0 Å². The Bertz CT molecular complexity index is 745. The van der Waals surface area contributed by atoms with E-state index in [0.29, 0.717) is 10.6 Å². The molecule has 0 aliphatic carbocycles. The van der Waals surface area contributed by atoms with Gasteiger partial charge in [-0.05, 0) is 43.3 Å². The fourth-order valence-electron chi connectivity index (χ4n) is 1.73. The molecule has 0 unspecified atom stereocenters. The molecule has 1 aromatic heterocycles. The van der Waals surface area contributed by atoms with Crippen molar-refractivity contribution in [2.24, 2.45) is 0 Å².